The number of carbonyl (C=O) groups is 1. The van der Waals surface area contributed by atoms with E-state index in [1.54, 1.807) is 19.2 Å². The molecular formula is C19H24ClN7O3S. The fourth-order valence-electron chi connectivity index (χ4n) is 3.98. The summed E-state index contributed by atoms with van der Waals surface area (Å²) < 4.78 is 24.6. The van der Waals surface area contributed by atoms with Crippen molar-refractivity contribution in [2.24, 2.45) is 5.92 Å². The van der Waals surface area contributed by atoms with Crippen LogP contribution in [-0.4, -0.2) is 61.2 Å². The van der Waals surface area contributed by atoms with E-state index in [4.69, 9.17) is 11.6 Å². The van der Waals surface area contributed by atoms with Gasteiger partial charge in [0, 0.05) is 30.8 Å². The molecule has 4 N–H and O–H groups in total. The van der Waals surface area contributed by atoms with E-state index in [2.05, 4.69) is 31.6 Å². The fourth-order valence-corrected chi connectivity index (χ4v) is 5.08. The zero-order valence-corrected chi connectivity index (χ0v) is 18.8. The van der Waals surface area contributed by atoms with Gasteiger partial charge in [0.25, 0.3) is 0 Å². The summed E-state index contributed by atoms with van der Waals surface area (Å²) in [5.74, 6) is 0.0787. The summed E-state index contributed by atoms with van der Waals surface area (Å²) in [5.41, 5.74) is 4.34. The van der Waals surface area contributed by atoms with Crippen LogP contribution in [0.3, 0.4) is 0 Å². The highest BCUT2D eigenvalue weighted by Crippen LogP contribution is 2.32. The number of hydrogen-bond acceptors (Lipinski definition) is 9. The molecule has 2 saturated heterocycles. The van der Waals surface area contributed by atoms with Crippen molar-refractivity contribution >= 4 is 38.9 Å². The van der Waals surface area contributed by atoms with Crippen LogP contribution in [0.2, 0.25) is 5.02 Å². The lowest BCUT2D eigenvalue weighted by Gasteiger charge is -2.39. The first-order valence-corrected chi connectivity index (χ1v) is 12.0. The average Bonchev–Trinajstić information content (AvgIpc) is 2.98. The largest absolute Gasteiger partial charge is 0.380 e. The standard InChI is InChI=1S/C19H24ClN7O3S/c1-10-4-7-15(25-24-10)22-16-9-13(17-18(23-16)26-27(2)19(17)28)21-12-6-5-11(20)8-14(12)31(3,29)30/h4-8,13,16-18,21,23,26H,9H2,1-3H3,(H,22,25). The van der Waals surface area contributed by atoms with Gasteiger partial charge in [0.1, 0.15) is 5.82 Å². The number of rotatable bonds is 5. The van der Waals surface area contributed by atoms with Crippen molar-refractivity contribution in [1.82, 2.24) is 25.9 Å². The molecule has 4 atom stereocenters. The van der Waals surface area contributed by atoms with Gasteiger partial charge in [-0.2, -0.15) is 5.10 Å². The SMILES string of the molecule is Cc1ccc(NC2CC(Nc3ccc(Cl)cc3S(C)(=O)=O)C3C(=O)N(C)NC3N2)nn1. The number of aryl methyl sites for hydroxylation is 1. The third-order valence-corrected chi connectivity index (χ3v) is 6.79. The lowest BCUT2D eigenvalue weighted by atomic mass is 9.88. The Morgan fingerprint density at radius 3 is 2.65 bits per heavy atom. The Morgan fingerprint density at radius 2 is 1.97 bits per heavy atom. The molecule has 1 amide bonds. The topological polar surface area (TPSA) is 128 Å². The number of aromatic nitrogens is 2. The Hall–Kier alpha value is -2.47. The normalized spacial score (nSPS) is 25.9. The molecule has 10 nitrogen and oxygen atoms in total. The Balaban J connectivity index is 1.62. The van der Waals surface area contributed by atoms with Gasteiger partial charge in [-0.3, -0.25) is 15.1 Å². The third kappa shape index (κ3) is 4.59. The van der Waals surface area contributed by atoms with Gasteiger partial charge in [-0.15, -0.1) is 5.10 Å². The minimum Gasteiger partial charge on any atom is -0.380 e. The lowest BCUT2D eigenvalue weighted by molar-refractivity contribution is -0.131. The monoisotopic (exact) mass is 465 g/mol. The smallest absolute Gasteiger partial charge is 0.244 e. The molecule has 1 aromatic heterocycles. The molecule has 0 spiro atoms. The lowest BCUT2D eigenvalue weighted by Crippen LogP contribution is -2.61. The number of piperidine rings is 1. The summed E-state index contributed by atoms with van der Waals surface area (Å²) in [6.45, 7) is 1.86. The van der Waals surface area contributed by atoms with Gasteiger partial charge in [0.05, 0.1) is 34.5 Å². The predicted octanol–water partition coefficient (Wildman–Crippen LogP) is 0.973. The van der Waals surface area contributed by atoms with Crippen LogP contribution in [0.4, 0.5) is 11.5 Å². The summed E-state index contributed by atoms with van der Waals surface area (Å²) >= 11 is 6.03. The van der Waals surface area contributed by atoms with Gasteiger partial charge in [0.15, 0.2) is 9.84 Å². The summed E-state index contributed by atoms with van der Waals surface area (Å²) in [6.07, 6.45) is 1.04. The zero-order chi connectivity index (χ0) is 22.3. The van der Waals surface area contributed by atoms with Crippen molar-refractivity contribution in [2.75, 3.05) is 23.9 Å². The van der Waals surface area contributed by atoms with Crippen LogP contribution >= 0.6 is 11.6 Å². The van der Waals surface area contributed by atoms with Gasteiger partial charge >= 0.3 is 0 Å². The van der Waals surface area contributed by atoms with Gasteiger partial charge in [-0.1, -0.05) is 11.6 Å². The van der Waals surface area contributed by atoms with E-state index < -0.39 is 15.8 Å². The molecule has 0 radical (unpaired) electrons. The number of hydrogen-bond donors (Lipinski definition) is 4. The molecule has 4 rings (SSSR count). The number of halogens is 1. The maximum atomic E-state index is 12.8. The van der Waals surface area contributed by atoms with Crippen LogP contribution in [0.25, 0.3) is 0 Å². The second-order valence-electron chi connectivity index (χ2n) is 7.85. The molecule has 3 heterocycles. The van der Waals surface area contributed by atoms with Crippen LogP contribution in [0.5, 0.6) is 0 Å². The third-order valence-electron chi connectivity index (χ3n) is 5.42. The van der Waals surface area contributed by atoms with Crippen molar-refractivity contribution in [3.05, 3.63) is 41.0 Å². The summed E-state index contributed by atoms with van der Waals surface area (Å²) in [4.78, 5) is 12.9. The molecule has 4 unspecified atom stereocenters. The Bertz CT molecular complexity index is 1100. The van der Waals surface area contributed by atoms with E-state index in [9.17, 15) is 13.2 Å². The van der Waals surface area contributed by atoms with Gasteiger partial charge in [0.2, 0.25) is 5.91 Å². The number of anilines is 2. The minimum absolute atomic E-state index is 0.0848. The number of hydrazine groups is 1. The van der Waals surface area contributed by atoms with Crippen LogP contribution < -0.4 is 21.4 Å². The molecule has 2 aromatic rings. The Labute approximate surface area is 185 Å². The molecule has 2 fully saturated rings. The molecule has 2 aliphatic heterocycles. The first-order valence-electron chi connectivity index (χ1n) is 9.74. The molecule has 2 aliphatic rings. The van der Waals surface area contributed by atoms with Crippen molar-refractivity contribution in [3.63, 3.8) is 0 Å². The number of sulfone groups is 1. The second kappa shape index (κ2) is 8.23. The van der Waals surface area contributed by atoms with E-state index >= 15 is 0 Å². The number of carbonyl (C=O) groups excluding carboxylic acids is 1. The van der Waals surface area contributed by atoms with Crippen LogP contribution in [-0.2, 0) is 14.6 Å². The first-order chi connectivity index (χ1) is 14.6. The van der Waals surface area contributed by atoms with E-state index in [1.807, 2.05) is 19.1 Å². The number of nitrogens with one attached hydrogen (secondary N) is 4. The summed E-state index contributed by atoms with van der Waals surface area (Å²) in [7, 11) is -1.86. The quantitative estimate of drug-likeness (QED) is 0.510. The van der Waals surface area contributed by atoms with Crippen molar-refractivity contribution in [1.29, 1.82) is 0 Å². The van der Waals surface area contributed by atoms with Crippen LogP contribution in [0, 0.1) is 12.8 Å². The molecule has 0 saturated carbocycles. The van der Waals surface area contributed by atoms with Crippen LogP contribution in [0.1, 0.15) is 12.1 Å². The van der Waals surface area contributed by atoms with Crippen molar-refractivity contribution in [2.45, 2.75) is 36.6 Å². The van der Waals surface area contributed by atoms with Gasteiger partial charge in [-0.25, -0.2) is 13.8 Å². The highest BCUT2D eigenvalue weighted by molar-refractivity contribution is 7.90. The zero-order valence-electron chi connectivity index (χ0n) is 17.3. The highest BCUT2D eigenvalue weighted by atomic mass is 35.5. The summed E-state index contributed by atoms with van der Waals surface area (Å²) in [5, 5.41) is 19.9. The molecule has 1 aromatic carbocycles. The van der Waals surface area contributed by atoms with Gasteiger partial charge in [-0.05, 0) is 37.3 Å². The van der Waals surface area contributed by atoms with Crippen molar-refractivity contribution < 1.29 is 13.2 Å². The average molecular weight is 466 g/mol. The molecule has 0 aliphatic carbocycles. The van der Waals surface area contributed by atoms with Gasteiger partial charge < -0.3 is 10.6 Å². The van der Waals surface area contributed by atoms with E-state index in [1.165, 1.54) is 11.1 Å². The number of amides is 1. The maximum Gasteiger partial charge on any atom is 0.244 e. The van der Waals surface area contributed by atoms with E-state index in [0.717, 1.165) is 11.9 Å². The number of nitrogens with zero attached hydrogens (tertiary/aromatic N) is 3. The Morgan fingerprint density at radius 1 is 1.19 bits per heavy atom. The molecular weight excluding hydrogens is 442 g/mol. The molecule has 12 heteroatoms. The van der Waals surface area contributed by atoms with E-state index in [0.29, 0.717) is 22.9 Å². The fraction of sp³-hybridized carbons (Fsp3) is 0.421. The molecule has 166 valence electrons. The van der Waals surface area contributed by atoms with E-state index in [-0.39, 0.29) is 29.2 Å². The predicted molar refractivity (Wildman–Crippen MR) is 117 cm³/mol. The maximum absolute atomic E-state index is 12.8. The number of fused-ring (bicyclic) bond motifs is 1. The number of benzene rings is 1. The Kier molecular flexibility index (Phi) is 5.77. The summed E-state index contributed by atoms with van der Waals surface area (Å²) in [6, 6.07) is 7.99. The second-order valence-corrected chi connectivity index (χ2v) is 10.3. The molecule has 31 heavy (non-hydrogen) atoms. The molecule has 0 bridgehead atoms. The van der Waals surface area contributed by atoms with Crippen molar-refractivity contribution in [3.8, 4) is 0 Å². The van der Waals surface area contributed by atoms with Crippen LogP contribution in [0.15, 0.2) is 35.2 Å². The highest BCUT2D eigenvalue weighted by Gasteiger charge is 2.48. The minimum atomic E-state index is -3.53. The first kappa shape index (κ1) is 21.8.